The van der Waals surface area contributed by atoms with Crippen LogP contribution in [0.15, 0.2) is 6.20 Å². The van der Waals surface area contributed by atoms with Gasteiger partial charge in [0.2, 0.25) is 5.95 Å². The highest BCUT2D eigenvalue weighted by molar-refractivity contribution is 5.36. The summed E-state index contributed by atoms with van der Waals surface area (Å²) in [4.78, 5) is 7.18. The van der Waals surface area contributed by atoms with E-state index in [2.05, 4.69) is 27.9 Å². The number of aromatic nitrogens is 2. The van der Waals surface area contributed by atoms with Crippen molar-refractivity contribution in [3.63, 3.8) is 0 Å². The molecule has 1 aliphatic heterocycles. The first-order valence-electron chi connectivity index (χ1n) is 6.73. The Morgan fingerprint density at radius 1 is 1.41 bits per heavy atom. The molecular formula is C13H22N4. The minimum absolute atomic E-state index is 0.731. The summed E-state index contributed by atoms with van der Waals surface area (Å²) in [6.45, 7) is 5.54. The van der Waals surface area contributed by atoms with Gasteiger partial charge in [-0.2, -0.15) is 0 Å². The third kappa shape index (κ3) is 2.18. The van der Waals surface area contributed by atoms with Gasteiger partial charge < -0.3 is 14.8 Å². The first-order valence-corrected chi connectivity index (χ1v) is 6.73. The molecule has 2 heterocycles. The van der Waals surface area contributed by atoms with Gasteiger partial charge in [0.25, 0.3) is 0 Å². The fourth-order valence-corrected chi connectivity index (χ4v) is 2.83. The predicted molar refractivity (Wildman–Crippen MR) is 69.5 cm³/mol. The number of nitrogens with one attached hydrogen (secondary N) is 1. The molecule has 1 aliphatic carbocycles. The lowest BCUT2D eigenvalue weighted by Crippen LogP contribution is -2.26. The Morgan fingerprint density at radius 3 is 2.94 bits per heavy atom. The number of aryl methyl sites for hydroxylation is 1. The van der Waals surface area contributed by atoms with Crippen LogP contribution >= 0.6 is 0 Å². The van der Waals surface area contributed by atoms with Gasteiger partial charge in [0.15, 0.2) is 0 Å². The predicted octanol–water partition coefficient (Wildman–Crippen LogP) is 1.57. The lowest BCUT2D eigenvalue weighted by Gasteiger charge is -2.19. The standard InChI is InChI=1S/C13H22N4/c1-10-8-17(12-3-4-12)13(15-10)16-6-5-11(9-16)7-14-2/h8,11-12,14H,3-7,9H2,1-2H3. The van der Waals surface area contributed by atoms with E-state index in [0.29, 0.717) is 0 Å². The van der Waals surface area contributed by atoms with Crippen LogP contribution in [-0.2, 0) is 0 Å². The molecule has 1 saturated heterocycles. The number of nitrogens with zero attached hydrogens (tertiary/aromatic N) is 3. The van der Waals surface area contributed by atoms with Crippen LogP contribution in [0.3, 0.4) is 0 Å². The highest BCUT2D eigenvalue weighted by atomic mass is 15.3. The first-order chi connectivity index (χ1) is 8.28. The summed E-state index contributed by atoms with van der Waals surface area (Å²) in [5.74, 6) is 1.99. The van der Waals surface area contributed by atoms with Gasteiger partial charge in [-0.05, 0) is 45.7 Å². The van der Waals surface area contributed by atoms with Gasteiger partial charge in [0.05, 0.1) is 5.69 Å². The second-order valence-electron chi connectivity index (χ2n) is 5.48. The Hall–Kier alpha value is -1.03. The molecule has 0 aromatic carbocycles. The SMILES string of the molecule is CNCC1CCN(c2nc(C)cn2C2CC2)C1. The van der Waals surface area contributed by atoms with E-state index in [-0.39, 0.29) is 0 Å². The van der Waals surface area contributed by atoms with Crippen molar-refractivity contribution >= 4 is 5.95 Å². The van der Waals surface area contributed by atoms with E-state index < -0.39 is 0 Å². The molecule has 17 heavy (non-hydrogen) atoms. The van der Waals surface area contributed by atoms with Crippen LogP contribution in [0.5, 0.6) is 0 Å². The Morgan fingerprint density at radius 2 is 2.24 bits per heavy atom. The molecular weight excluding hydrogens is 212 g/mol. The smallest absolute Gasteiger partial charge is 0.205 e. The zero-order chi connectivity index (χ0) is 11.8. The fourth-order valence-electron chi connectivity index (χ4n) is 2.83. The second kappa shape index (κ2) is 4.33. The monoisotopic (exact) mass is 234 g/mol. The van der Waals surface area contributed by atoms with E-state index in [0.717, 1.165) is 37.3 Å². The molecule has 2 fully saturated rings. The average Bonchev–Trinajstić information content (AvgIpc) is 2.92. The van der Waals surface area contributed by atoms with Crippen molar-refractivity contribution in [1.82, 2.24) is 14.9 Å². The molecule has 1 atom stereocenters. The highest BCUT2D eigenvalue weighted by Gasteiger charge is 2.31. The maximum Gasteiger partial charge on any atom is 0.205 e. The molecule has 0 spiro atoms. The molecule has 2 aliphatic rings. The van der Waals surface area contributed by atoms with Gasteiger partial charge in [-0.25, -0.2) is 4.98 Å². The lowest BCUT2D eigenvalue weighted by molar-refractivity contribution is 0.547. The summed E-state index contributed by atoms with van der Waals surface area (Å²) in [5.41, 5.74) is 1.16. The summed E-state index contributed by atoms with van der Waals surface area (Å²) >= 11 is 0. The van der Waals surface area contributed by atoms with E-state index in [1.54, 1.807) is 0 Å². The molecule has 1 N–H and O–H groups in total. The number of anilines is 1. The quantitative estimate of drug-likeness (QED) is 0.858. The zero-order valence-corrected chi connectivity index (χ0v) is 10.8. The third-order valence-electron chi connectivity index (χ3n) is 3.83. The molecule has 3 rings (SSSR count). The molecule has 1 aromatic rings. The normalized spacial score (nSPS) is 24.6. The van der Waals surface area contributed by atoms with Crippen molar-refractivity contribution in [2.75, 3.05) is 31.6 Å². The molecule has 0 bridgehead atoms. The van der Waals surface area contributed by atoms with Crippen molar-refractivity contribution in [3.8, 4) is 0 Å². The average molecular weight is 234 g/mol. The molecule has 1 saturated carbocycles. The molecule has 94 valence electrons. The van der Waals surface area contributed by atoms with Crippen LogP contribution < -0.4 is 10.2 Å². The largest absolute Gasteiger partial charge is 0.342 e. The van der Waals surface area contributed by atoms with Gasteiger partial charge in [0, 0.05) is 25.3 Å². The molecule has 4 nitrogen and oxygen atoms in total. The molecule has 1 unspecified atom stereocenters. The van der Waals surface area contributed by atoms with E-state index >= 15 is 0 Å². The Labute approximate surface area is 103 Å². The molecule has 1 aromatic heterocycles. The van der Waals surface area contributed by atoms with Gasteiger partial charge in [0.1, 0.15) is 0 Å². The Balaban J connectivity index is 1.75. The summed E-state index contributed by atoms with van der Waals surface area (Å²) in [5, 5.41) is 3.28. The number of hydrogen-bond donors (Lipinski definition) is 1. The fraction of sp³-hybridized carbons (Fsp3) is 0.769. The van der Waals surface area contributed by atoms with Crippen LogP contribution in [-0.4, -0.2) is 36.2 Å². The van der Waals surface area contributed by atoms with Crippen LogP contribution in [0.2, 0.25) is 0 Å². The van der Waals surface area contributed by atoms with Crippen molar-refractivity contribution in [2.45, 2.75) is 32.2 Å². The van der Waals surface area contributed by atoms with Crippen molar-refractivity contribution in [1.29, 1.82) is 0 Å². The van der Waals surface area contributed by atoms with E-state index in [1.807, 2.05) is 7.05 Å². The Bertz CT molecular complexity index is 394. The number of imidazole rings is 1. The first kappa shape index (κ1) is 11.1. The van der Waals surface area contributed by atoms with Gasteiger partial charge in [-0.1, -0.05) is 0 Å². The van der Waals surface area contributed by atoms with E-state index in [9.17, 15) is 0 Å². The highest BCUT2D eigenvalue weighted by Crippen LogP contribution is 2.39. The number of hydrogen-bond acceptors (Lipinski definition) is 3. The van der Waals surface area contributed by atoms with Crippen molar-refractivity contribution < 1.29 is 0 Å². The molecule has 0 amide bonds. The zero-order valence-electron chi connectivity index (χ0n) is 10.8. The molecule has 0 radical (unpaired) electrons. The van der Waals surface area contributed by atoms with Crippen molar-refractivity contribution in [3.05, 3.63) is 11.9 Å². The van der Waals surface area contributed by atoms with E-state index in [4.69, 9.17) is 4.98 Å². The second-order valence-corrected chi connectivity index (χ2v) is 5.48. The van der Waals surface area contributed by atoms with Crippen molar-refractivity contribution in [2.24, 2.45) is 5.92 Å². The summed E-state index contributed by atoms with van der Waals surface area (Å²) in [6.07, 6.45) is 6.17. The van der Waals surface area contributed by atoms with Crippen LogP contribution in [0, 0.1) is 12.8 Å². The summed E-state index contributed by atoms with van der Waals surface area (Å²) < 4.78 is 2.40. The van der Waals surface area contributed by atoms with Crippen LogP contribution in [0.1, 0.15) is 31.0 Å². The maximum absolute atomic E-state index is 4.72. The minimum Gasteiger partial charge on any atom is -0.342 e. The van der Waals surface area contributed by atoms with Crippen LogP contribution in [0.4, 0.5) is 5.95 Å². The third-order valence-corrected chi connectivity index (χ3v) is 3.83. The topological polar surface area (TPSA) is 33.1 Å². The van der Waals surface area contributed by atoms with Gasteiger partial charge in [-0.15, -0.1) is 0 Å². The minimum atomic E-state index is 0.731. The summed E-state index contributed by atoms with van der Waals surface area (Å²) in [7, 11) is 2.04. The van der Waals surface area contributed by atoms with Crippen LogP contribution in [0.25, 0.3) is 0 Å². The number of rotatable bonds is 4. The van der Waals surface area contributed by atoms with Gasteiger partial charge >= 0.3 is 0 Å². The maximum atomic E-state index is 4.72. The van der Waals surface area contributed by atoms with E-state index in [1.165, 1.54) is 25.2 Å². The summed E-state index contributed by atoms with van der Waals surface area (Å²) in [6, 6.07) is 0.731. The Kier molecular flexibility index (Phi) is 2.82. The lowest BCUT2D eigenvalue weighted by atomic mass is 10.1. The molecule has 4 heteroatoms. The van der Waals surface area contributed by atoms with Gasteiger partial charge in [-0.3, -0.25) is 0 Å².